The van der Waals surface area contributed by atoms with Crippen molar-refractivity contribution < 1.29 is 33.4 Å². The number of carbonyl (C=O) groups is 4. The van der Waals surface area contributed by atoms with Gasteiger partial charge in [0.25, 0.3) is 0 Å². The number of hydrogen-bond acceptors (Lipinski definition) is 9. The minimum atomic E-state index is -0.700. The number of aromatic amines is 2. The summed E-state index contributed by atoms with van der Waals surface area (Å²) in [4.78, 5) is 71.9. The fraction of sp³-hybridized carbons (Fsp3) is 0.458. The predicted molar refractivity (Wildman–Crippen MR) is 236 cm³/mol. The maximum Gasteiger partial charge on any atom is 0.407 e. The molecule has 4 aliphatic rings. The molecule has 2 aromatic heterocycles. The van der Waals surface area contributed by atoms with Crippen LogP contribution >= 0.6 is 0 Å². The second-order valence-electron chi connectivity index (χ2n) is 17.9. The van der Waals surface area contributed by atoms with Crippen molar-refractivity contribution in [1.29, 1.82) is 0 Å². The van der Waals surface area contributed by atoms with Crippen LogP contribution in [0.1, 0.15) is 113 Å². The fourth-order valence-electron chi connectivity index (χ4n) is 10.1. The maximum absolute atomic E-state index is 13.8. The van der Waals surface area contributed by atoms with Crippen molar-refractivity contribution in [2.45, 2.75) is 103 Å². The van der Waals surface area contributed by atoms with Gasteiger partial charge < -0.3 is 44.6 Å². The standard InChI is InChI=1S/C48H56N8O7/c1-25(2)41(53-47(59)61-5)45(57)55-19-7-9-35(55)43-49-23-33(51-43)30-14-12-27-21-29(13-11-28(27)22-30)31-15-16-32(40-38-18-17-37(63-38)39(31)40)34-24-50-44(52-34)36-10-8-20-56(36)46(58)42(26(3)4)54-48(60)62-6/h11-16,21-26,35-38,41-42H,7-10,17-20H2,1-6H3,(H,49,51)(H,50,52)(H,53,59)(H,54,60)/t35-,36?,37?,38?,41+,42-/m0/s1. The Balaban J connectivity index is 0.951. The zero-order chi connectivity index (χ0) is 44.1. The van der Waals surface area contributed by atoms with Crippen molar-refractivity contribution in [3.8, 4) is 33.6 Å². The van der Waals surface area contributed by atoms with E-state index in [-0.39, 0.29) is 47.9 Å². The van der Waals surface area contributed by atoms with Crippen LogP contribution in [0.4, 0.5) is 9.59 Å². The van der Waals surface area contributed by atoms with Crippen molar-refractivity contribution in [3.05, 3.63) is 83.7 Å². The van der Waals surface area contributed by atoms with Gasteiger partial charge in [-0.1, -0.05) is 64.1 Å². The van der Waals surface area contributed by atoms with E-state index in [9.17, 15) is 19.2 Å². The van der Waals surface area contributed by atoms with Crippen LogP contribution < -0.4 is 10.6 Å². The Morgan fingerprint density at radius 2 is 1.13 bits per heavy atom. The number of rotatable bonds is 11. The van der Waals surface area contributed by atoms with Gasteiger partial charge in [-0.2, -0.15) is 0 Å². The van der Waals surface area contributed by atoms with Crippen molar-refractivity contribution in [2.75, 3.05) is 27.3 Å². The lowest BCUT2D eigenvalue weighted by Gasteiger charge is -2.30. The van der Waals surface area contributed by atoms with Gasteiger partial charge in [0.05, 0.1) is 62.3 Å². The molecule has 5 aromatic rings. The van der Waals surface area contributed by atoms with Crippen LogP contribution in [-0.4, -0.2) is 93.1 Å². The number of carbonyl (C=O) groups excluding carboxylic acids is 4. The Labute approximate surface area is 366 Å². The second kappa shape index (κ2) is 17.2. The normalized spacial score (nSPS) is 21.3. The third kappa shape index (κ3) is 7.80. The van der Waals surface area contributed by atoms with Gasteiger partial charge in [0.2, 0.25) is 11.8 Å². The monoisotopic (exact) mass is 856 g/mol. The number of methoxy groups -OCH3 is 2. The van der Waals surface area contributed by atoms with Crippen LogP contribution in [0.2, 0.25) is 0 Å². The van der Waals surface area contributed by atoms with E-state index in [4.69, 9.17) is 24.2 Å². The van der Waals surface area contributed by atoms with E-state index in [2.05, 4.69) is 69.1 Å². The molecule has 3 saturated heterocycles. The zero-order valence-electron chi connectivity index (χ0n) is 36.7. The molecule has 0 radical (unpaired) electrons. The highest BCUT2D eigenvalue weighted by Gasteiger charge is 2.43. The molecule has 63 heavy (non-hydrogen) atoms. The Bertz CT molecular complexity index is 2560. The lowest BCUT2D eigenvalue weighted by Crippen LogP contribution is -2.51. The third-order valence-electron chi connectivity index (χ3n) is 13.4. The summed E-state index contributed by atoms with van der Waals surface area (Å²) in [6, 6.07) is 15.5. The summed E-state index contributed by atoms with van der Waals surface area (Å²) in [5, 5.41) is 7.65. The van der Waals surface area contributed by atoms with Crippen LogP contribution in [0, 0.1) is 11.8 Å². The molecule has 6 atom stereocenters. The largest absolute Gasteiger partial charge is 0.453 e. The Morgan fingerprint density at radius 3 is 1.67 bits per heavy atom. The molecule has 6 heterocycles. The number of fused-ring (bicyclic) bond motifs is 6. The van der Waals surface area contributed by atoms with Gasteiger partial charge in [-0.05, 0) is 95.5 Å². The number of nitrogens with zero attached hydrogens (tertiary/aromatic N) is 4. The second-order valence-corrected chi connectivity index (χ2v) is 17.9. The smallest absolute Gasteiger partial charge is 0.407 e. The van der Waals surface area contributed by atoms with Crippen molar-refractivity contribution in [1.82, 2.24) is 40.4 Å². The number of hydrogen-bond donors (Lipinski definition) is 4. The molecule has 3 fully saturated rings. The number of aromatic nitrogens is 4. The number of benzene rings is 3. The molecular formula is C48H56N8O7. The van der Waals surface area contributed by atoms with Crippen LogP contribution in [0.15, 0.2) is 60.9 Å². The van der Waals surface area contributed by atoms with Gasteiger partial charge in [-0.15, -0.1) is 0 Å². The van der Waals surface area contributed by atoms with Gasteiger partial charge in [-0.3, -0.25) is 9.59 Å². The molecule has 15 heteroatoms. The molecule has 0 saturated carbocycles. The Kier molecular flexibility index (Phi) is 11.5. The van der Waals surface area contributed by atoms with Crippen LogP contribution in [0.5, 0.6) is 0 Å². The molecular weight excluding hydrogens is 801 g/mol. The van der Waals surface area contributed by atoms with E-state index in [1.54, 1.807) is 0 Å². The van der Waals surface area contributed by atoms with Gasteiger partial charge in [-0.25, -0.2) is 19.6 Å². The summed E-state index contributed by atoms with van der Waals surface area (Å²) in [6.45, 7) is 8.82. The van der Waals surface area contributed by atoms with E-state index in [0.717, 1.165) is 94.6 Å². The van der Waals surface area contributed by atoms with Crippen molar-refractivity contribution in [2.24, 2.45) is 11.8 Å². The first-order chi connectivity index (χ1) is 30.4. The van der Waals surface area contributed by atoms with Crippen LogP contribution in [0.3, 0.4) is 0 Å². The average molecular weight is 857 g/mol. The third-order valence-corrected chi connectivity index (χ3v) is 13.4. The molecule has 15 nitrogen and oxygen atoms in total. The summed E-state index contributed by atoms with van der Waals surface area (Å²) in [7, 11) is 2.59. The summed E-state index contributed by atoms with van der Waals surface area (Å²) in [6.07, 6.45) is 7.64. The van der Waals surface area contributed by atoms with E-state index in [1.807, 2.05) is 49.9 Å². The van der Waals surface area contributed by atoms with Gasteiger partial charge >= 0.3 is 12.2 Å². The molecule has 330 valence electrons. The van der Waals surface area contributed by atoms with Crippen LogP contribution in [0.25, 0.3) is 44.4 Å². The Hall–Kier alpha value is -6.22. The highest BCUT2D eigenvalue weighted by Crippen LogP contribution is 2.56. The molecule has 4 N–H and O–H groups in total. The molecule has 0 aliphatic carbocycles. The summed E-state index contributed by atoms with van der Waals surface area (Å²) in [5.41, 5.74) is 8.54. The number of nitrogens with one attached hydrogen (secondary N) is 4. The number of likely N-dealkylation sites (tertiary alicyclic amines) is 2. The first-order valence-electron chi connectivity index (χ1n) is 22.2. The Morgan fingerprint density at radius 1 is 0.651 bits per heavy atom. The molecule has 9 rings (SSSR count). The summed E-state index contributed by atoms with van der Waals surface area (Å²) in [5.74, 6) is 0.965. The first kappa shape index (κ1) is 42.1. The zero-order valence-corrected chi connectivity index (χ0v) is 36.7. The molecule has 0 spiro atoms. The van der Waals surface area contributed by atoms with Gasteiger partial charge in [0, 0.05) is 24.2 Å². The van der Waals surface area contributed by atoms with E-state index >= 15 is 0 Å². The maximum atomic E-state index is 13.8. The highest BCUT2D eigenvalue weighted by atomic mass is 16.5. The van der Waals surface area contributed by atoms with E-state index in [0.29, 0.717) is 13.1 Å². The fourth-order valence-corrected chi connectivity index (χ4v) is 10.1. The van der Waals surface area contributed by atoms with Crippen molar-refractivity contribution >= 4 is 34.8 Å². The molecule has 3 aromatic carbocycles. The molecule has 2 bridgehead atoms. The topological polar surface area (TPSA) is 184 Å². The first-order valence-corrected chi connectivity index (χ1v) is 22.2. The number of ether oxygens (including phenoxy) is 3. The average Bonchev–Trinajstić information content (AvgIpc) is 4.15. The highest BCUT2D eigenvalue weighted by molar-refractivity contribution is 5.92. The summed E-state index contributed by atoms with van der Waals surface area (Å²) >= 11 is 0. The minimum absolute atomic E-state index is 0.00245. The summed E-state index contributed by atoms with van der Waals surface area (Å²) < 4.78 is 16.2. The SMILES string of the molecule is COC(=O)N[C@H](C(=O)N1CCCC1c1ncc(-c2ccc(-c3ccc4cc(-c5cnc([C@@H]6CCCN6C(=O)[C@H](NC(=O)OC)C(C)C)[nH]5)ccc4c3)c3c2C2CCC3O2)[nH]1)C(C)C. The number of H-pyrrole nitrogens is 2. The lowest BCUT2D eigenvalue weighted by atomic mass is 9.82. The number of amides is 4. The number of imidazole rings is 2. The molecule has 4 amide bonds. The minimum Gasteiger partial charge on any atom is -0.453 e. The lowest BCUT2D eigenvalue weighted by molar-refractivity contribution is -0.136. The van der Waals surface area contributed by atoms with Crippen molar-refractivity contribution in [3.63, 3.8) is 0 Å². The van der Waals surface area contributed by atoms with Gasteiger partial charge in [0.15, 0.2) is 0 Å². The molecule has 3 unspecified atom stereocenters. The quantitative estimate of drug-likeness (QED) is 0.102. The number of alkyl carbamates (subject to hydrolysis) is 2. The van der Waals surface area contributed by atoms with E-state index in [1.165, 1.54) is 25.3 Å². The predicted octanol–water partition coefficient (Wildman–Crippen LogP) is 8.28. The molecule has 4 aliphatic heterocycles. The van der Waals surface area contributed by atoms with Gasteiger partial charge in [0.1, 0.15) is 23.7 Å². The van der Waals surface area contributed by atoms with Crippen LogP contribution in [-0.2, 0) is 23.8 Å². The van der Waals surface area contributed by atoms with E-state index < -0.39 is 24.3 Å².